The molecule has 0 unspecified atom stereocenters. The fourth-order valence-electron chi connectivity index (χ4n) is 4.07. The summed E-state index contributed by atoms with van der Waals surface area (Å²) >= 11 is 0. The van der Waals surface area contributed by atoms with E-state index in [0.29, 0.717) is 36.6 Å². The van der Waals surface area contributed by atoms with Crippen molar-refractivity contribution in [1.29, 1.82) is 0 Å². The molecule has 0 aliphatic carbocycles. The first-order valence-corrected chi connectivity index (χ1v) is 10.6. The number of hydrogen-bond acceptors (Lipinski definition) is 6. The predicted octanol–water partition coefficient (Wildman–Crippen LogP) is 2.81. The number of carbonyl (C=O) groups is 1. The summed E-state index contributed by atoms with van der Waals surface area (Å²) in [6.07, 6.45) is 3.65. The quantitative estimate of drug-likeness (QED) is 0.437. The Bertz CT molecular complexity index is 1100. The average molecular weight is 435 g/mol. The normalized spacial score (nSPS) is 14.5. The van der Waals surface area contributed by atoms with Crippen LogP contribution in [0.1, 0.15) is 32.9 Å². The highest BCUT2D eigenvalue weighted by Gasteiger charge is 2.23. The number of amides is 1. The highest BCUT2D eigenvalue weighted by Crippen LogP contribution is 2.22. The zero-order valence-electron chi connectivity index (χ0n) is 18.3. The third-order valence-electron chi connectivity index (χ3n) is 5.85. The van der Waals surface area contributed by atoms with Gasteiger partial charge in [0.1, 0.15) is 11.4 Å². The predicted molar refractivity (Wildman–Crippen MR) is 119 cm³/mol. The van der Waals surface area contributed by atoms with E-state index in [1.165, 1.54) is 5.56 Å². The molecule has 0 saturated carbocycles. The minimum absolute atomic E-state index is 0.0272. The van der Waals surface area contributed by atoms with Crippen LogP contribution in [0.2, 0.25) is 0 Å². The van der Waals surface area contributed by atoms with Gasteiger partial charge < -0.3 is 4.90 Å². The summed E-state index contributed by atoms with van der Waals surface area (Å²) in [7, 11) is 0. The summed E-state index contributed by atoms with van der Waals surface area (Å²) in [6.45, 7) is 7.64. The maximum atomic E-state index is 12.9. The van der Waals surface area contributed by atoms with Gasteiger partial charge in [0.2, 0.25) is 0 Å². The molecule has 0 N–H and O–H groups in total. The number of piperazine rings is 1. The molecule has 0 atom stereocenters. The molecule has 9 heteroatoms. The lowest BCUT2D eigenvalue weighted by Gasteiger charge is -2.34. The molecule has 3 heterocycles. The molecule has 3 aromatic rings. The number of pyridine rings is 1. The molecule has 0 bridgehead atoms. The molecule has 9 nitrogen and oxygen atoms in total. The molecule has 166 valence electrons. The highest BCUT2D eigenvalue weighted by molar-refractivity contribution is 5.94. The minimum atomic E-state index is -0.396. The molecule has 1 fully saturated rings. The van der Waals surface area contributed by atoms with E-state index in [2.05, 4.69) is 21.0 Å². The second kappa shape index (κ2) is 9.27. The van der Waals surface area contributed by atoms with E-state index in [1.807, 2.05) is 41.4 Å². The highest BCUT2D eigenvalue weighted by atomic mass is 16.6. The fourth-order valence-corrected chi connectivity index (χ4v) is 4.07. The second-order valence-corrected chi connectivity index (χ2v) is 8.06. The first-order valence-electron chi connectivity index (χ1n) is 10.6. The van der Waals surface area contributed by atoms with Crippen molar-refractivity contribution in [1.82, 2.24) is 24.6 Å². The Kier molecular flexibility index (Phi) is 6.27. The van der Waals surface area contributed by atoms with Crippen molar-refractivity contribution in [3.05, 3.63) is 87.0 Å². The third-order valence-corrected chi connectivity index (χ3v) is 5.85. The Morgan fingerprint density at radius 2 is 1.75 bits per heavy atom. The van der Waals surface area contributed by atoms with Gasteiger partial charge in [-0.2, -0.15) is 5.10 Å². The molecule has 4 rings (SSSR count). The molecular formula is C23H26N6O3. The molecule has 1 aliphatic heterocycles. The van der Waals surface area contributed by atoms with Crippen molar-refractivity contribution in [3.8, 4) is 0 Å². The lowest BCUT2D eigenvalue weighted by atomic mass is 10.1. The van der Waals surface area contributed by atoms with Gasteiger partial charge in [-0.3, -0.25) is 29.5 Å². The molecule has 1 aromatic carbocycles. The lowest BCUT2D eigenvalue weighted by Crippen LogP contribution is -2.48. The smallest absolute Gasteiger partial charge is 0.312 e. The summed E-state index contributed by atoms with van der Waals surface area (Å²) < 4.78 is 1.63. The van der Waals surface area contributed by atoms with E-state index in [9.17, 15) is 14.9 Å². The number of aromatic nitrogens is 3. The Morgan fingerprint density at radius 1 is 1.03 bits per heavy atom. The van der Waals surface area contributed by atoms with E-state index in [1.54, 1.807) is 24.7 Å². The van der Waals surface area contributed by atoms with E-state index >= 15 is 0 Å². The van der Waals surface area contributed by atoms with Crippen LogP contribution in [0.4, 0.5) is 5.69 Å². The van der Waals surface area contributed by atoms with Gasteiger partial charge in [-0.25, -0.2) is 0 Å². The van der Waals surface area contributed by atoms with Crippen LogP contribution in [0, 0.1) is 24.0 Å². The Hall–Kier alpha value is -3.59. The van der Waals surface area contributed by atoms with Gasteiger partial charge >= 0.3 is 5.69 Å². The zero-order chi connectivity index (χ0) is 22.7. The van der Waals surface area contributed by atoms with Gasteiger partial charge in [-0.05, 0) is 43.2 Å². The zero-order valence-corrected chi connectivity index (χ0v) is 18.3. The van der Waals surface area contributed by atoms with Crippen molar-refractivity contribution in [2.45, 2.75) is 26.9 Å². The van der Waals surface area contributed by atoms with Crippen LogP contribution >= 0.6 is 0 Å². The third kappa shape index (κ3) is 4.67. The minimum Gasteiger partial charge on any atom is -0.336 e. The van der Waals surface area contributed by atoms with Crippen LogP contribution in [0.15, 0.2) is 48.8 Å². The fraction of sp³-hybridized carbons (Fsp3) is 0.348. The topological polar surface area (TPSA) is 97.4 Å². The van der Waals surface area contributed by atoms with Gasteiger partial charge in [-0.1, -0.05) is 18.2 Å². The first kappa shape index (κ1) is 21.6. The van der Waals surface area contributed by atoms with Gasteiger partial charge in [0.25, 0.3) is 5.91 Å². The van der Waals surface area contributed by atoms with Crippen LogP contribution in [0.3, 0.4) is 0 Å². The van der Waals surface area contributed by atoms with Crippen LogP contribution in [-0.2, 0) is 13.1 Å². The lowest BCUT2D eigenvalue weighted by molar-refractivity contribution is -0.386. The Morgan fingerprint density at radius 3 is 2.34 bits per heavy atom. The van der Waals surface area contributed by atoms with Crippen molar-refractivity contribution >= 4 is 11.6 Å². The molecule has 0 radical (unpaired) electrons. The summed E-state index contributed by atoms with van der Waals surface area (Å²) in [5.41, 5.74) is 3.74. The number of benzene rings is 1. The summed E-state index contributed by atoms with van der Waals surface area (Å²) in [5, 5.41) is 15.5. The second-order valence-electron chi connectivity index (χ2n) is 8.06. The standard InChI is InChI=1S/C23H26N6O3/c1-17-22(29(31)32)18(2)28(25-17)16-19-5-7-21(8-6-19)23(30)27-12-10-26(11-13-27)15-20-4-3-9-24-14-20/h3-9,14H,10-13,15-16H2,1-2H3. The van der Waals surface area contributed by atoms with E-state index in [-0.39, 0.29) is 11.6 Å². The molecule has 0 spiro atoms. The molecule has 32 heavy (non-hydrogen) atoms. The number of carbonyl (C=O) groups excluding carboxylic acids is 1. The molecule has 2 aromatic heterocycles. The van der Waals surface area contributed by atoms with Crippen molar-refractivity contribution < 1.29 is 9.72 Å². The van der Waals surface area contributed by atoms with Gasteiger partial charge in [-0.15, -0.1) is 0 Å². The monoisotopic (exact) mass is 434 g/mol. The number of rotatable bonds is 6. The van der Waals surface area contributed by atoms with Crippen LogP contribution in [-0.4, -0.2) is 61.6 Å². The van der Waals surface area contributed by atoms with Crippen LogP contribution in [0.25, 0.3) is 0 Å². The van der Waals surface area contributed by atoms with Crippen molar-refractivity contribution in [3.63, 3.8) is 0 Å². The summed E-state index contributed by atoms with van der Waals surface area (Å²) in [5.74, 6) is 0.0272. The Labute approximate surface area is 186 Å². The first-order chi connectivity index (χ1) is 15.4. The largest absolute Gasteiger partial charge is 0.336 e. The van der Waals surface area contributed by atoms with Crippen LogP contribution in [0.5, 0.6) is 0 Å². The summed E-state index contributed by atoms with van der Waals surface area (Å²) in [4.78, 5) is 32.1. The number of nitrogens with zero attached hydrogens (tertiary/aromatic N) is 6. The van der Waals surface area contributed by atoms with E-state index in [0.717, 1.165) is 25.2 Å². The van der Waals surface area contributed by atoms with Crippen LogP contribution < -0.4 is 0 Å². The molecule has 1 saturated heterocycles. The molecule has 1 aliphatic rings. The van der Waals surface area contributed by atoms with Gasteiger partial charge in [0, 0.05) is 50.7 Å². The maximum absolute atomic E-state index is 12.9. The number of nitro groups is 1. The summed E-state index contributed by atoms with van der Waals surface area (Å²) in [6, 6.07) is 11.4. The van der Waals surface area contributed by atoms with Crippen molar-refractivity contribution in [2.24, 2.45) is 0 Å². The van der Waals surface area contributed by atoms with Gasteiger partial charge in [0.05, 0.1) is 11.5 Å². The van der Waals surface area contributed by atoms with Gasteiger partial charge in [0.15, 0.2) is 0 Å². The molecule has 1 amide bonds. The average Bonchev–Trinajstić information content (AvgIpc) is 3.08. The Balaban J connectivity index is 1.35. The van der Waals surface area contributed by atoms with E-state index < -0.39 is 4.92 Å². The SMILES string of the molecule is Cc1nn(Cc2ccc(C(=O)N3CCN(Cc4cccnc4)CC3)cc2)c(C)c1[N+](=O)[O-]. The maximum Gasteiger partial charge on any atom is 0.312 e. The molecular weight excluding hydrogens is 408 g/mol. The number of hydrogen-bond donors (Lipinski definition) is 0. The number of aryl methyl sites for hydroxylation is 1. The van der Waals surface area contributed by atoms with Crippen molar-refractivity contribution in [2.75, 3.05) is 26.2 Å². The van der Waals surface area contributed by atoms with E-state index in [4.69, 9.17) is 0 Å².